The number of hydrogen-bond acceptors (Lipinski definition) is 3. The van der Waals surface area contributed by atoms with E-state index in [9.17, 15) is 0 Å². The smallest absolute Gasteiger partial charge is 0.187 e. The minimum absolute atomic E-state index is 0.592. The van der Waals surface area contributed by atoms with Gasteiger partial charge in [-0.05, 0) is 41.1 Å². The standard InChI is InChI=1S/C30H17N5/c1-31-22-14-12-19(13-15-22)28-30(34-29-25(33-28)10-6-16-32-29)35-26-11-5-4-9-23(26)24-17-20-7-2-3-8-21(20)18-27(24)35/h2-18H. The molecular formula is C30H17N5. The zero-order chi connectivity index (χ0) is 23.4. The second kappa shape index (κ2) is 7.47. The molecule has 5 heteroatoms. The molecule has 0 fully saturated rings. The van der Waals surface area contributed by atoms with Crippen LogP contribution in [-0.2, 0) is 0 Å². The van der Waals surface area contributed by atoms with Gasteiger partial charge in [0, 0.05) is 22.5 Å². The summed E-state index contributed by atoms with van der Waals surface area (Å²) in [6.45, 7) is 7.31. The molecule has 3 aromatic heterocycles. The molecule has 35 heavy (non-hydrogen) atoms. The first kappa shape index (κ1) is 19.4. The Labute approximate surface area is 200 Å². The third-order valence-corrected chi connectivity index (χ3v) is 6.44. The van der Waals surface area contributed by atoms with Gasteiger partial charge in [-0.15, -0.1) is 0 Å². The van der Waals surface area contributed by atoms with Crippen molar-refractivity contribution in [3.8, 4) is 17.1 Å². The van der Waals surface area contributed by atoms with Crippen LogP contribution in [0.2, 0.25) is 0 Å². The van der Waals surface area contributed by atoms with Gasteiger partial charge in [0.1, 0.15) is 11.2 Å². The molecule has 4 aromatic carbocycles. The minimum Gasteiger partial charge on any atom is -0.292 e. The van der Waals surface area contributed by atoms with E-state index in [1.807, 2.05) is 42.5 Å². The molecule has 3 heterocycles. The van der Waals surface area contributed by atoms with Crippen LogP contribution in [0.3, 0.4) is 0 Å². The van der Waals surface area contributed by atoms with Crippen molar-refractivity contribution in [3.63, 3.8) is 0 Å². The molecule has 0 N–H and O–H groups in total. The van der Waals surface area contributed by atoms with Crippen molar-refractivity contribution < 1.29 is 0 Å². The predicted octanol–water partition coefficient (Wildman–Crippen LogP) is 7.49. The summed E-state index contributed by atoms with van der Waals surface area (Å²) in [5, 5.41) is 4.69. The fraction of sp³-hybridized carbons (Fsp3) is 0. The van der Waals surface area contributed by atoms with Crippen molar-refractivity contribution >= 4 is 49.4 Å². The van der Waals surface area contributed by atoms with E-state index in [0.29, 0.717) is 17.2 Å². The second-order valence-electron chi connectivity index (χ2n) is 8.47. The lowest BCUT2D eigenvalue weighted by atomic mass is 10.1. The normalized spacial score (nSPS) is 11.4. The molecule has 5 nitrogen and oxygen atoms in total. The number of para-hydroxylation sites is 1. The molecular weight excluding hydrogens is 430 g/mol. The minimum atomic E-state index is 0.592. The summed E-state index contributed by atoms with van der Waals surface area (Å²) < 4.78 is 2.19. The van der Waals surface area contributed by atoms with Crippen molar-refractivity contribution in [1.29, 1.82) is 0 Å². The van der Waals surface area contributed by atoms with Gasteiger partial charge in [0.25, 0.3) is 0 Å². The first-order valence-corrected chi connectivity index (χ1v) is 11.3. The van der Waals surface area contributed by atoms with E-state index >= 15 is 0 Å². The van der Waals surface area contributed by atoms with Gasteiger partial charge in [0.15, 0.2) is 17.2 Å². The summed E-state index contributed by atoms with van der Waals surface area (Å²) in [5.41, 5.74) is 5.68. The van der Waals surface area contributed by atoms with Gasteiger partial charge in [-0.2, -0.15) is 0 Å². The third kappa shape index (κ3) is 2.98. The van der Waals surface area contributed by atoms with Crippen LogP contribution in [0.5, 0.6) is 0 Å². The molecule has 7 rings (SSSR count). The zero-order valence-electron chi connectivity index (χ0n) is 18.6. The lowest BCUT2D eigenvalue weighted by Crippen LogP contribution is -2.04. The third-order valence-electron chi connectivity index (χ3n) is 6.44. The SMILES string of the molecule is [C-]#[N+]c1ccc(-c2nc3cccnc3nc2-n2c3ccccc3c3cc4ccccc4cc32)cc1. The van der Waals surface area contributed by atoms with E-state index in [-0.39, 0.29) is 0 Å². The lowest BCUT2D eigenvalue weighted by molar-refractivity contribution is 1.07. The number of fused-ring (bicyclic) bond motifs is 5. The van der Waals surface area contributed by atoms with Crippen LogP contribution in [0.25, 0.3) is 65.7 Å². The Morgan fingerprint density at radius 3 is 2.29 bits per heavy atom. The predicted molar refractivity (Wildman–Crippen MR) is 141 cm³/mol. The van der Waals surface area contributed by atoms with Crippen molar-refractivity contribution in [3.05, 3.63) is 115 Å². The van der Waals surface area contributed by atoms with E-state index in [2.05, 4.69) is 69.0 Å². The maximum Gasteiger partial charge on any atom is 0.187 e. The van der Waals surface area contributed by atoms with Crippen molar-refractivity contribution in [2.24, 2.45) is 0 Å². The lowest BCUT2D eigenvalue weighted by Gasteiger charge is -2.13. The van der Waals surface area contributed by atoms with Crippen LogP contribution in [0.1, 0.15) is 0 Å². The summed E-state index contributed by atoms with van der Waals surface area (Å²) in [5.74, 6) is 0.716. The van der Waals surface area contributed by atoms with Crippen molar-refractivity contribution in [1.82, 2.24) is 19.5 Å². The van der Waals surface area contributed by atoms with Gasteiger partial charge in [0.05, 0.1) is 17.6 Å². The van der Waals surface area contributed by atoms with Crippen molar-refractivity contribution in [2.75, 3.05) is 0 Å². The Morgan fingerprint density at radius 1 is 0.686 bits per heavy atom. The highest BCUT2D eigenvalue weighted by atomic mass is 15.1. The topological polar surface area (TPSA) is 48.0 Å². The number of pyridine rings is 1. The van der Waals surface area contributed by atoms with Gasteiger partial charge in [-0.1, -0.05) is 66.7 Å². The molecule has 0 unspecified atom stereocenters. The molecule has 0 saturated carbocycles. The molecule has 0 bridgehead atoms. The van der Waals surface area contributed by atoms with E-state index in [0.717, 1.165) is 38.6 Å². The molecule has 0 aliphatic heterocycles. The monoisotopic (exact) mass is 447 g/mol. The van der Waals surface area contributed by atoms with E-state index in [4.69, 9.17) is 16.5 Å². The van der Waals surface area contributed by atoms with Gasteiger partial charge in [-0.25, -0.2) is 19.8 Å². The molecule has 7 aromatic rings. The van der Waals surface area contributed by atoms with Crippen molar-refractivity contribution in [2.45, 2.75) is 0 Å². The van der Waals surface area contributed by atoms with E-state index < -0.39 is 0 Å². The van der Waals surface area contributed by atoms with Gasteiger partial charge in [-0.3, -0.25) is 4.57 Å². The van der Waals surface area contributed by atoms with Gasteiger partial charge >= 0.3 is 0 Å². The Morgan fingerprint density at radius 2 is 1.46 bits per heavy atom. The average Bonchev–Trinajstić information content (AvgIpc) is 3.24. The highest BCUT2D eigenvalue weighted by Crippen LogP contribution is 2.37. The fourth-order valence-electron chi connectivity index (χ4n) is 4.81. The zero-order valence-corrected chi connectivity index (χ0v) is 18.6. The number of rotatable bonds is 2. The van der Waals surface area contributed by atoms with Crippen LogP contribution in [-0.4, -0.2) is 19.5 Å². The van der Waals surface area contributed by atoms with Crippen LogP contribution >= 0.6 is 0 Å². The fourth-order valence-corrected chi connectivity index (χ4v) is 4.81. The summed E-state index contributed by atoms with van der Waals surface area (Å²) in [6, 6.07) is 32.6. The summed E-state index contributed by atoms with van der Waals surface area (Å²) in [6.07, 6.45) is 1.74. The molecule has 162 valence electrons. The van der Waals surface area contributed by atoms with Crippen LogP contribution < -0.4 is 0 Å². The van der Waals surface area contributed by atoms with Crippen LogP contribution in [0.4, 0.5) is 5.69 Å². The Bertz CT molecular complexity index is 1960. The average molecular weight is 448 g/mol. The van der Waals surface area contributed by atoms with Gasteiger partial charge < -0.3 is 0 Å². The first-order chi connectivity index (χ1) is 17.3. The largest absolute Gasteiger partial charge is 0.292 e. The number of benzene rings is 4. The van der Waals surface area contributed by atoms with Crippen LogP contribution in [0, 0.1) is 6.57 Å². The molecule has 0 aliphatic carbocycles. The van der Waals surface area contributed by atoms with Crippen LogP contribution in [0.15, 0.2) is 103 Å². The number of nitrogens with zero attached hydrogens (tertiary/aromatic N) is 5. The highest BCUT2D eigenvalue weighted by Gasteiger charge is 2.19. The van der Waals surface area contributed by atoms with Gasteiger partial charge in [0.2, 0.25) is 0 Å². The maximum absolute atomic E-state index is 7.31. The summed E-state index contributed by atoms with van der Waals surface area (Å²) in [7, 11) is 0. The molecule has 0 aliphatic rings. The maximum atomic E-state index is 7.31. The number of aromatic nitrogens is 4. The Hall–Kier alpha value is -5.08. The molecule has 0 amide bonds. The summed E-state index contributed by atoms with van der Waals surface area (Å²) in [4.78, 5) is 18.1. The van der Waals surface area contributed by atoms with E-state index in [1.165, 1.54) is 10.8 Å². The second-order valence-corrected chi connectivity index (χ2v) is 8.47. The Balaban J connectivity index is 1.64. The Kier molecular flexibility index (Phi) is 4.14. The van der Waals surface area contributed by atoms with E-state index in [1.54, 1.807) is 6.20 Å². The molecule has 0 radical (unpaired) electrons. The molecule has 0 spiro atoms. The molecule has 0 atom stereocenters. The highest BCUT2D eigenvalue weighted by molar-refractivity contribution is 6.13. The first-order valence-electron chi connectivity index (χ1n) is 11.3. The number of hydrogen-bond donors (Lipinski definition) is 0. The molecule has 0 saturated heterocycles. The quantitative estimate of drug-likeness (QED) is 0.258. The summed E-state index contributed by atoms with van der Waals surface area (Å²) >= 11 is 0.